The maximum absolute atomic E-state index is 11.9. The normalized spacial score (nSPS) is 15.1. The van der Waals surface area contributed by atoms with E-state index >= 15 is 0 Å². The molecule has 1 aliphatic rings. The van der Waals surface area contributed by atoms with E-state index in [-0.39, 0.29) is 30.1 Å². The largest absolute Gasteiger partial charge is 0.450 e. The molecule has 8 heteroatoms. The molecule has 1 fully saturated rings. The lowest BCUT2D eigenvalue weighted by Gasteiger charge is -2.32. The third-order valence-corrected chi connectivity index (χ3v) is 5.53. The van der Waals surface area contributed by atoms with Crippen molar-refractivity contribution in [3.63, 3.8) is 0 Å². The number of ether oxygens (including phenoxy) is 1. The first-order valence-electron chi connectivity index (χ1n) is 11.2. The Morgan fingerprint density at radius 1 is 1.23 bits per heavy atom. The van der Waals surface area contributed by atoms with Gasteiger partial charge in [0.05, 0.1) is 13.2 Å². The molecule has 0 atom stereocenters. The van der Waals surface area contributed by atoms with Crippen molar-refractivity contribution in [1.29, 1.82) is 0 Å². The standard InChI is InChI=1S/C23H39N5O2.HI/c1-6-24-22(26-21-12-14-28(15-13-21)23(29)30-7-2)25-16-19-10-8-9-11-20(19)17-27(5)18(3)4;/h8-11,18,21H,6-7,12-17H2,1-5H3,(H2,24,25,26);1H. The van der Waals surface area contributed by atoms with Crippen molar-refractivity contribution in [1.82, 2.24) is 20.4 Å². The summed E-state index contributed by atoms with van der Waals surface area (Å²) in [4.78, 5) is 20.8. The Morgan fingerprint density at radius 2 is 1.87 bits per heavy atom. The highest BCUT2D eigenvalue weighted by atomic mass is 127. The second-order valence-corrected chi connectivity index (χ2v) is 8.08. The van der Waals surface area contributed by atoms with Gasteiger partial charge >= 0.3 is 6.09 Å². The Labute approximate surface area is 205 Å². The van der Waals surface area contributed by atoms with E-state index in [0.717, 1.165) is 31.9 Å². The summed E-state index contributed by atoms with van der Waals surface area (Å²) in [6.07, 6.45) is 1.57. The lowest BCUT2D eigenvalue weighted by molar-refractivity contribution is 0.0963. The minimum Gasteiger partial charge on any atom is -0.450 e. The minimum atomic E-state index is -0.209. The van der Waals surface area contributed by atoms with E-state index in [1.807, 2.05) is 6.92 Å². The van der Waals surface area contributed by atoms with Crippen LogP contribution >= 0.6 is 24.0 Å². The van der Waals surface area contributed by atoms with Gasteiger partial charge in [-0.25, -0.2) is 9.79 Å². The van der Waals surface area contributed by atoms with E-state index < -0.39 is 0 Å². The van der Waals surface area contributed by atoms with Gasteiger partial charge in [0.15, 0.2) is 5.96 Å². The number of carbonyl (C=O) groups is 1. The van der Waals surface area contributed by atoms with E-state index in [2.05, 4.69) is 67.6 Å². The Kier molecular flexibility index (Phi) is 12.9. The minimum absolute atomic E-state index is 0. The van der Waals surface area contributed by atoms with Gasteiger partial charge < -0.3 is 20.3 Å². The molecule has 1 heterocycles. The molecular weight excluding hydrogens is 505 g/mol. The SMILES string of the molecule is CCNC(=NCc1ccccc1CN(C)C(C)C)NC1CCN(C(=O)OCC)CC1.I. The molecule has 2 rings (SSSR count). The third-order valence-electron chi connectivity index (χ3n) is 5.53. The van der Waals surface area contributed by atoms with Crippen LogP contribution in [0.1, 0.15) is 51.7 Å². The fourth-order valence-corrected chi connectivity index (χ4v) is 3.42. The summed E-state index contributed by atoms with van der Waals surface area (Å²) in [7, 11) is 2.15. The molecule has 1 saturated heterocycles. The predicted octanol–water partition coefficient (Wildman–Crippen LogP) is 3.82. The summed E-state index contributed by atoms with van der Waals surface area (Å²) in [5.74, 6) is 0.833. The second-order valence-electron chi connectivity index (χ2n) is 8.08. The highest BCUT2D eigenvalue weighted by Gasteiger charge is 2.24. The zero-order valence-electron chi connectivity index (χ0n) is 19.7. The number of hydrogen-bond acceptors (Lipinski definition) is 4. The van der Waals surface area contributed by atoms with Crippen molar-refractivity contribution < 1.29 is 9.53 Å². The topological polar surface area (TPSA) is 69.2 Å². The molecule has 2 N–H and O–H groups in total. The number of piperidine rings is 1. The van der Waals surface area contributed by atoms with Gasteiger partial charge in [-0.15, -0.1) is 24.0 Å². The van der Waals surface area contributed by atoms with Crippen molar-refractivity contribution >= 4 is 36.0 Å². The molecule has 0 aromatic heterocycles. The maximum Gasteiger partial charge on any atom is 0.409 e. The van der Waals surface area contributed by atoms with Crippen molar-refractivity contribution in [3.05, 3.63) is 35.4 Å². The Balaban J connectivity index is 0.00000480. The van der Waals surface area contributed by atoms with Crippen molar-refractivity contribution in [2.24, 2.45) is 4.99 Å². The third kappa shape index (κ3) is 9.22. The molecule has 1 aliphatic heterocycles. The van der Waals surface area contributed by atoms with E-state index in [0.29, 0.717) is 38.3 Å². The Hall–Kier alpha value is -1.55. The van der Waals surface area contributed by atoms with Crippen molar-refractivity contribution in [2.45, 2.75) is 65.7 Å². The number of aliphatic imine (C=N–C) groups is 1. The first-order chi connectivity index (χ1) is 14.4. The summed E-state index contributed by atoms with van der Waals surface area (Å²) in [6.45, 7) is 12.5. The number of hydrogen-bond donors (Lipinski definition) is 2. The fourth-order valence-electron chi connectivity index (χ4n) is 3.42. The zero-order valence-corrected chi connectivity index (χ0v) is 22.0. The molecule has 0 unspecified atom stereocenters. The lowest BCUT2D eigenvalue weighted by atomic mass is 10.1. The molecule has 1 aromatic carbocycles. The lowest BCUT2D eigenvalue weighted by Crippen LogP contribution is -2.49. The molecule has 0 aliphatic carbocycles. The number of guanidine groups is 1. The molecule has 1 amide bonds. The van der Waals surface area contributed by atoms with Crippen LogP contribution in [0.3, 0.4) is 0 Å². The van der Waals surface area contributed by atoms with E-state index in [9.17, 15) is 4.79 Å². The number of benzene rings is 1. The molecule has 0 radical (unpaired) electrons. The van der Waals surface area contributed by atoms with Gasteiger partial charge in [-0.1, -0.05) is 24.3 Å². The highest BCUT2D eigenvalue weighted by Crippen LogP contribution is 2.14. The Bertz CT molecular complexity index is 690. The average molecular weight is 546 g/mol. The first-order valence-corrected chi connectivity index (χ1v) is 11.2. The summed E-state index contributed by atoms with van der Waals surface area (Å²) in [5, 5.41) is 6.90. The molecule has 7 nitrogen and oxygen atoms in total. The molecular formula is C23H40IN5O2. The highest BCUT2D eigenvalue weighted by molar-refractivity contribution is 14.0. The first kappa shape index (κ1) is 27.5. The van der Waals surface area contributed by atoms with Crippen LogP contribution < -0.4 is 10.6 Å². The Morgan fingerprint density at radius 3 is 2.45 bits per heavy atom. The van der Waals surface area contributed by atoms with E-state index in [1.165, 1.54) is 11.1 Å². The van der Waals surface area contributed by atoms with Gasteiger partial charge in [0.2, 0.25) is 0 Å². The number of amides is 1. The summed E-state index contributed by atoms with van der Waals surface area (Å²) < 4.78 is 5.10. The molecule has 0 saturated carbocycles. The predicted molar refractivity (Wildman–Crippen MR) is 138 cm³/mol. The number of carbonyl (C=O) groups excluding carboxylic acids is 1. The monoisotopic (exact) mass is 545 g/mol. The van der Waals surface area contributed by atoms with Gasteiger partial charge in [-0.2, -0.15) is 0 Å². The van der Waals surface area contributed by atoms with Crippen molar-refractivity contribution in [2.75, 3.05) is 33.3 Å². The van der Waals surface area contributed by atoms with Gasteiger partial charge in [0.1, 0.15) is 0 Å². The quantitative estimate of drug-likeness (QED) is 0.296. The molecule has 0 bridgehead atoms. The van der Waals surface area contributed by atoms with Gasteiger partial charge in [0, 0.05) is 38.3 Å². The van der Waals surface area contributed by atoms with Crippen LogP contribution in [0.2, 0.25) is 0 Å². The number of nitrogens with zero attached hydrogens (tertiary/aromatic N) is 3. The van der Waals surface area contributed by atoms with Crippen LogP contribution in [0.25, 0.3) is 0 Å². The summed E-state index contributed by atoms with van der Waals surface area (Å²) in [6, 6.07) is 9.33. The maximum atomic E-state index is 11.9. The number of nitrogens with one attached hydrogen (secondary N) is 2. The van der Waals surface area contributed by atoms with Crippen LogP contribution in [-0.4, -0.2) is 67.2 Å². The fraction of sp³-hybridized carbons (Fsp3) is 0.652. The average Bonchev–Trinajstić information content (AvgIpc) is 2.73. The molecule has 0 spiro atoms. The van der Waals surface area contributed by atoms with Gasteiger partial charge in [-0.05, 0) is 58.7 Å². The number of likely N-dealkylation sites (tertiary alicyclic amines) is 1. The zero-order chi connectivity index (χ0) is 21.9. The molecule has 176 valence electrons. The van der Waals surface area contributed by atoms with Crippen molar-refractivity contribution in [3.8, 4) is 0 Å². The van der Waals surface area contributed by atoms with Crippen LogP contribution in [0.15, 0.2) is 29.3 Å². The van der Waals surface area contributed by atoms with Gasteiger partial charge in [0.25, 0.3) is 0 Å². The molecule has 31 heavy (non-hydrogen) atoms. The molecule has 1 aromatic rings. The van der Waals surface area contributed by atoms with Crippen LogP contribution in [0.4, 0.5) is 4.79 Å². The smallest absolute Gasteiger partial charge is 0.409 e. The van der Waals surface area contributed by atoms with E-state index in [1.54, 1.807) is 4.90 Å². The second kappa shape index (κ2) is 14.5. The van der Waals surface area contributed by atoms with Gasteiger partial charge in [-0.3, -0.25) is 4.90 Å². The van der Waals surface area contributed by atoms with Crippen LogP contribution in [-0.2, 0) is 17.8 Å². The van der Waals surface area contributed by atoms with E-state index in [4.69, 9.17) is 9.73 Å². The summed E-state index contributed by atoms with van der Waals surface area (Å²) in [5.41, 5.74) is 2.57. The van der Waals surface area contributed by atoms with Crippen LogP contribution in [0, 0.1) is 0 Å². The summed E-state index contributed by atoms with van der Waals surface area (Å²) >= 11 is 0. The van der Waals surface area contributed by atoms with Crippen LogP contribution in [0.5, 0.6) is 0 Å². The number of halogens is 1. The number of rotatable bonds is 8.